The van der Waals surface area contributed by atoms with Gasteiger partial charge in [0.1, 0.15) is 6.61 Å². The van der Waals surface area contributed by atoms with E-state index in [0.29, 0.717) is 6.54 Å². The highest BCUT2D eigenvalue weighted by Crippen LogP contribution is 2.06. The maximum atomic E-state index is 12.1. The van der Waals surface area contributed by atoms with Crippen molar-refractivity contribution in [2.45, 2.75) is 26.4 Å². The van der Waals surface area contributed by atoms with Gasteiger partial charge in [-0.25, -0.2) is 4.79 Å². The molecule has 20 heavy (non-hydrogen) atoms. The quantitative estimate of drug-likeness (QED) is 0.862. The first-order valence-corrected chi connectivity index (χ1v) is 6.57. The Morgan fingerprint density at radius 2 is 1.90 bits per heavy atom. The van der Waals surface area contributed by atoms with Gasteiger partial charge in [0, 0.05) is 24.0 Å². The van der Waals surface area contributed by atoms with E-state index in [4.69, 9.17) is 5.11 Å². The van der Waals surface area contributed by atoms with Gasteiger partial charge >= 0.3 is 5.69 Å². The van der Waals surface area contributed by atoms with Crippen LogP contribution in [-0.2, 0) is 6.54 Å². The van der Waals surface area contributed by atoms with Gasteiger partial charge in [0.05, 0.1) is 6.54 Å². The number of imidazole rings is 1. The third-order valence-electron chi connectivity index (χ3n) is 3.05. The van der Waals surface area contributed by atoms with E-state index in [2.05, 4.69) is 11.8 Å². The molecule has 4 nitrogen and oxygen atoms in total. The molecule has 4 heteroatoms. The molecule has 1 N–H and O–H groups in total. The van der Waals surface area contributed by atoms with Crippen LogP contribution >= 0.6 is 0 Å². The Hall–Kier alpha value is -2.25. The summed E-state index contributed by atoms with van der Waals surface area (Å²) in [6.07, 6.45) is 3.62. The van der Waals surface area contributed by atoms with Crippen LogP contribution in [0.4, 0.5) is 0 Å². The number of hydrogen-bond acceptors (Lipinski definition) is 2. The van der Waals surface area contributed by atoms with E-state index in [1.165, 1.54) is 0 Å². The van der Waals surface area contributed by atoms with Crippen molar-refractivity contribution < 1.29 is 5.11 Å². The van der Waals surface area contributed by atoms with Gasteiger partial charge in [-0.3, -0.25) is 9.13 Å². The van der Waals surface area contributed by atoms with Crippen LogP contribution in [0.2, 0.25) is 0 Å². The van der Waals surface area contributed by atoms with Gasteiger partial charge in [0.15, 0.2) is 0 Å². The van der Waals surface area contributed by atoms with Crippen molar-refractivity contribution >= 4 is 0 Å². The normalized spacial score (nSPS) is 10.4. The molecule has 0 aliphatic rings. The van der Waals surface area contributed by atoms with E-state index >= 15 is 0 Å². The first-order valence-electron chi connectivity index (χ1n) is 6.57. The molecule has 0 atom stereocenters. The summed E-state index contributed by atoms with van der Waals surface area (Å²) in [7, 11) is 0. The van der Waals surface area contributed by atoms with E-state index in [0.717, 1.165) is 11.1 Å². The van der Waals surface area contributed by atoms with E-state index in [1.807, 2.05) is 50.5 Å². The van der Waals surface area contributed by atoms with Crippen LogP contribution in [0, 0.1) is 11.8 Å². The fraction of sp³-hybridized carbons (Fsp3) is 0.312. The van der Waals surface area contributed by atoms with E-state index < -0.39 is 0 Å². The summed E-state index contributed by atoms with van der Waals surface area (Å²) in [6.45, 7) is 4.38. The highest BCUT2D eigenvalue weighted by molar-refractivity contribution is 5.36. The Bertz CT molecular complexity index is 682. The second-order valence-corrected chi connectivity index (χ2v) is 4.87. The maximum absolute atomic E-state index is 12.1. The highest BCUT2D eigenvalue weighted by atomic mass is 16.2. The summed E-state index contributed by atoms with van der Waals surface area (Å²) in [5.74, 6) is 5.45. The summed E-state index contributed by atoms with van der Waals surface area (Å²) < 4.78 is 3.40. The number of nitrogens with zero attached hydrogens (tertiary/aromatic N) is 2. The summed E-state index contributed by atoms with van der Waals surface area (Å²) in [6, 6.07) is 7.84. The van der Waals surface area contributed by atoms with Crippen LogP contribution in [0.1, 0.15) is 31.0 Å². The van der Waals surface area contributed by atoms with Crippen molar-refractivity contribution in [3.05, 3.63) is 58.3 Å². The minimum atomic E-state index is -0.139. The van der Waals surface area contributed by atoms with Crippen molar-refractivity contribution in [1.82, 2.24) is 9.13 Å². The standard InChI is InChI=1S/C16H18N2O2/c1-13(2)18-10-9-17(16(18)20)12-15-7-5-14(6-8-15)4-3-11-19/h5-10,13,19H,11-12H2,1-2H3. The minimum Gasteiger partial charge on any atom is -0.384 e. The van der Waals surface area contributed by atoms with Crippen molar-refractivity contribution in [3.8, 4) is 11.8 Å². The smallest absolute Gasteiger partial charge is 0.328 e. The molecule has 0 aliphatic carbocycles. The topological polar surface area (TPSA) is 47.2 Å². The van der Waals surface area contributed by atoms with Crippen molar-refractivity contribution in [3.63, 3.8) is 0 Å². The lowest BCUT2D eigenvalue weighted by Crippen LogP contribution is -2.25. The summed E-state index contributed by atoms with van der Waals surface area (Å²) >= 11 is 0. The zero-order valence-corrected chi connectivity index (χ0v) is 11.7. The molecule has 0 fully saturated rings. The molecule has 1 heterocycles. The molecule has 2 rings (SSSR count). The molecular formula is C16H18N2O2. The molecule has 0 bridgehead atoms. The highest BCUT2D eigenvalue weighted by Gasteiger charge is 2.06. The monoisotopic (exact) mass is 270 g/mol. The number of hydrogen-bond donors (Lipinski definition) is 1. The summed E-state index contributed by atoms with van der Waals surface area (Å²) in [4.78, 5) is 12.1. The molecule has 0 radical (unpaired) electrons. The minimum absolute atomic E-state index is 0.00384. The lowest BCUT2D eigenvalue weighted by Gasteiger charge is -2.05. The van der Waals surface area contributed by atoms with Gasteiger partial charge in [-0.2, -0.15) is 0 Å². The van der Waals surface area contributed by atoms with Crippen LogP contribution in [0.15, 0.2) is 41.5 Å². The van der Waals surface area contributed by atoms with Crippen molar-refractivity contribution in [2.24, 2.45) is 0 Å². The lowest BCUT2D eigenvalue weighted by molar-refractivity contribution is 0.350. The average Bonchev–Trinajstić information content (AvgIpc) is 2.79. The van der Waals surface area contributed by atoms with Gasteiger partial charge in [-0.05, 0) is 31.5 Å². The fourth-order valence-corrected chi connectivity index (χ4v) is 1.97. The first kappa shape index (κ1) is 14.2. The molecule has 0 saturated heterocycles. The number of benzene rings is 1. The lowest BCUT2D eigenvalue weighted by atomic mass is 10.1. The molecule has 1 aromatic carbocycles. The fourth-order valence-electron chi connectivity index (χ4n) is 1.97. The Morgan fingerprint density at radius 3 is 2.45 bits per heavy atom. The third kappa shape index (κ3) is 3.19. The van der Waals surface area contributed by atoms with Gasteiger partial charge in [-0.15, -0.1) is 0 Å². The number of aromatic nitrogens is 2. The SMILES string of the molecule is CC(C)n1ccn(Cc2ccc(C#CCO)cc2)c1=O. The molecular weight excluding hydrogens is 252 g/mol. The predicted molar refractivity (Wildman–Crippen MR) is 78.6 cm³/mol. The van der Waals surface area contributed by atoms with Gasteiger partial charge in [-0.1, -0.05) is 24.0 Å². The van der Waals surface area contributed by atoms with Crippen LogP contribution in [-0.4, -0.2) is 20.8 Å². The van der Waals surface area contributed by atoms with Crippen LogP contribution in [0.3, 0.4) is 0 Å². The summed E-state index contributed by atoms with van der Waals surface area (Å²) in [5, 5.41) is 8.64. The Morgan fingerprint density at radius 1 is 1.20 bits per heavy atom. The van der Waals surface area contributed by atoms with E-state index in [9.17, 15) is 4.79 Å². The molecule has 2 aromatic rings. The second kappa shape index (κ2) is 6.27. The number of rotatable bonds is 3. The molecule has 0 saturated carbocycles. The van der Waals surface area contributed by atoms with E-state index in [1.54, 1.807) is 9.13 Å². The Labute approximate surface area is 118 Å². The molecule has 0 amide bonds. The van der Waals surface area contributed by atoms with Crippen LogP contribution in [0.25, 0.3) is 0 Å². The third-order valence-corrected chi connectivity index (χ3v) is 3.05. The van der Waals surface area contributed by atoms with Crippen LogP contribution in [0.5, 0.6) is 0 Å². The predicted octanol–water partition coefficient (Wildman–Crippen LogP) is 1.62. The zero-order chi connectivity index (χ0) is 14.5. The van der Waals surface area contributed by atoms with Gasteiger partial charge in [0.25, 0.3) is 0 Å². The van der Waals surface area contributed by atoms with E-state index in [-0.39, 0.29) is 18.3 Å². The van der Waals surface area contributed by atoms with Crippen LogP contribution < -0.4 is 5.69 Å². The molecule has 0 unspecified atom stereocenters. The molecule has 1 aromatic heterocycles. The van der Waals surface area contributed by atoms with Crippen molar-refractivity contribution in [2.75, 3.05) is 6.61 Å². The average molecular weight is 270 g/mol. The number of aliphatic hydroxyl groups is 1. The Kier molecular flexibility index (Phi) is 4.44. The summed E-state index contributed by atoms with van der Waals surface area (Å²) in [5.41, 5.74) is 1.90. The first-order chi connectivity index (χ1) is 9.61. The van der Waals surface area contributed by atoms with Gasteiger partial charge < -0.3 is 5.11 Å². The number of aliphatic hydroxyl groups excluding tert-OH is 1. The zero-order valence-electron chi connectivity index (χ0n) is 11.7. The second-order valence-electron chi connectivity index (χ2n) is 4.87. The Balaban J connectivity index is 2.16. The van der Waals surface area contributed by atoms with Crippen molar-refractivity contribution in [1.29, 1.82) is 0 Å². The molecule has 104 valence electrons. The largest absolute Gasteiger partial charge is 0.384 e. The van der Waals surface area contributed by atoms with Gasteiger partial charge in [0.2, 0.25) is 0 Å². The maximum Gasteiger partial charge on any atom is 0.328 e. The molecule has 0 aliphatic heterocycles. The molecule has 0 spiro atoms.